The number of aryl methyl sites for hydroxylation is 1. The van der Waals surface area contributed by atoms with Crippen LogP contribution >= 0.6 is 0 Å². The van der Waals surface area contributed by atoms with Crippen molar-refractivity contribution >= 4 is 17.5 Å². The molecule has 1 aromatic rings. The third-order valence-electron chi connectivity index (χ3n) is 3.27. The maximum absolute atomic E-state index is 11.1. The monoisotopic (exact) mass is 284 g/mol. The van der Waals surface area contributed by atoms with E-state index in [-0.39, 0.29) is 29.7 Å². The normalized spacial score (nSPS) is 11.2. The van der Waals surface area contributed by atoms with E-state index in [2.05, 4.69) is 20.7 Å². The van der Waals surface area contributed by atoms with Crippen LogP contribution in [0, 0.1) is 17.0 Å². The lowest BCUT2D eigenvalue weighted by Crippen LogP contribution is -2.35. The van der Waals surface area contributed by atoms with Crippen molar-refractivity contribution in [3.8, 4) is 0 Å². The van der Waals surface area contributed by atoms with Crippen molar-refractivity contribution in [2.75, 3.05) is 17.3 Å². The molecule has 0 saturated carbocycles. The molecule has 20 heavy (non-hydrogen) atoms. The Labute approximate surface area is 116 Å². The molecule has 9 nitrogen and oxygen atoms in total. The van der Waals surface area contributed by atoms with Crippen LogP contribution in [0.1, 0.15) is 32.4 Å². The molecule has 9 heteroatoms. The van der Waals surface area contributed by atoms with Gasteiger partial charge in [0, 0.05) is 6.54 Å². The third-order valence-corrected chi connectivity index (χ3v) is 3.27. The number of hydrazine groups is 1. The molecule has 0 aliphatic heterocycles. The molecule has 1 aromatic heterocycles. The zero-order valence-corrected chi connectivity index (χ0v) is 11.8. The summed E-state index contributed by atoms with van der Waals surface area (Å²) < 4.78 is 0. The molecule has 0 aromatic carbocycles. The van der Waals surface area contributed by atoms with Gasteiger partial charge in [-0.2, -0.15) is 4.98 Å². The van der Waals surface area contributed by atoms with Crippen LogP contribution in [0.4, 0.5) is 17.5 Å². The largest absolute Gasteiger partial charge is 0.388 e. The predicted molar refractivity (Wildman–Crippen MR) is 75.3 cm³/mol. The first-order valence-electron chi connectivity index (χ1n) is 6.32. The van der Waals surface area contributed by atoms with E-state index >= 15 is 0 Å². The molecule has 0 aliphatic rings. The van der Waals surface area contributed by atoms with Gasteiger partial charge in [-0.05, 0) is 19.8 Å². The lowest BCUT2D eigenvalue weighted by molar-refractivity contribution is -0.385. The van der Waals surface area contributed by atoms with Crippen molar-refractivity contribution in [3.05, 3.63) is 15.8 Å². The number of rotatable bonds is 7. The maximum atomic E-state index is 11.1. The third kappa shape index (κ3) is 3.52. The van der Waals surface area contributed by atoms with E-state index in [1.165, 1.54) is 6.92 Å². The number of nitrogens with one attached hydrogen (secondary N) is 2. The van der Waals surface area contributed by atoms with Gasteiger partial charge in [0.15, 0.2) is 0 Å². The Hall–Kier alpha value is -2.00. The first kappa shape index (κ1) is 16.1. The zero-order chi connectivity index (χ0) is 15.3. The molecule has 112 valence electrons. The highest BCUT2D eigenvalue weighted by Gasteiger charge is 2.26. The van der Waals surface area contributed by atoms with Gasteiger partial charge >= 0.3 is 5.69 Å². The van der Waals surface area contributed by atoms with Gasteiger partial charge < -0.3 is 10.4 Å². The molecular formula is C11H20N6O3. The van der Waals surface area contributed by atoms with Crippen molar-refractivity contribution in [1.82, 2.24) is 9.97 Å². The van der Waals surface area contributed by atoms with E-state index in [9.17, 15) is 15.2 Å². The quantitative estimate of drug-likeness (QED) is 0.329. The van der Waals surface area contributed by atoms with Crippen LogP contribution in [0.3, 0.4) is 0 Å². The summed E-state index contributed by atoms with van der Waals surface area (Å²) in [5.74, 6) is 5.34. The van der Waals surface area contributed by atoms with Crippen LogP contribution in [0.25, 0.3) is 0 Å². The SMILES string of the molecule is CCC(O)(CC)CNc1nc(NN)nc(C)c1[N+](=O)[O-]. The van der Waals surface area contributed by atoms with Crippen LogP contribution in [-0.2, 0) is 0 Å². The Morgan fingerprint density at radius 2 is 2.00 bits per heavy atom. The number of nitrogens with zero attached hydrogens (tertiary/aromatic N) is 3. The zero-order valence-electron chi connectivity index (χ0n) is 11.8. The van der Waals surface area contributed by atoms with Gasteiger partial charge in [-0.25, -0.2) is 10.8 Å². The standard InChI is InChI=1S/C11H20N6O3/c1-4-11(18,5-2)6-13-9-8(17(19)20)7(3)14-10(15-9)16-12/h18H,4-6,12H2,1-3H3,(H2,13,14,15,16). The molecule has 5 N–H and O–H groups in total. The number of hydrogen-bond acceptors (Lipinski definition) is 8. The average molecular weight is 284 g/mol. The Kier molecular flexibility index (Phi) is 5.17. The molecule has 1 rings (SSSR count). The highest BCUT2D eigenvalue weighted by Crippen LogP contribution is 2.27. The van der Waals surface area contributed by atoms with Crippen molar-refractivity contribution in [3.63, 3.8) is 0 Å². The van der Waals surface area contributed by atoms with Crippen molar-refractivity contribution < 1.29 is 10.0 Å². The molecule has 0 amide bonds. The van der Waals surface area contributed by atoms with Gasteiger partial charge in [0.25, 0.3) is 0 Å². The summed E-state index contributed by atoms with van der Waals surface area (Å²) in [6, 6.07) is 0. The summed E-state index contributed by atoms with van der Waals surface area (Å²) in [5, 5.41) is 24.1. The van der Waals surface area contributed by atoms with Gasteiger partial charge in [0.1, 0.15) is 5.69 Å². The van der Waals surface area contributed by atoms with E-state index < -0.39 is 10.5 Å². The van der Waals surface area contributed by atoms with E-state index in [1.807, 2.05) is 13.8 Å². The number of aromatic nitrogens is 2. The lowest BCUT2D eigenvalue weighted by atomic mass is 9.98. The van der Waals surface area contributed by atoms with Crippen molar-refractivity contribution in [2.45, 2.75) is 39.2 Å². The number of nitrogens with two attached hydrogens (primary N) is 1. The van der Waals surface area contributed by atoms with Gasteiger partial charge in [0.2, 0.25) is 11.8 Å². The Bertz CT molecular complexity index is 489. The highest BCUT2D eigenvalue weighted by molar-refractivity contribution is 5.60. The summed E-state index contributed by atoms with van der Waals surface area (Å²) in [7, 11) is 0. The van der Waals surface area contributed by atoms with Gasteiger partial charge in [0.05, 0.1) is 10.5 Å². The minimum atomic E-state index is -0.941. The molecule has 0 saturated heterocycles. The Balaban J connectivity index is 3.09. The smallest absolute Gasteiger partial charge is 0.332 e. The second-order valence-corrected chi connectivity index (χ2v) is 4.52. The molecular weight excluding hydrogens is 264 g/mol. The second kappa shape index (κ2) is 6.44. The van der Waals surface area contributed by atoms with Crippen LogP contribution < -0.4 is 16.6 Å². The summed E-state index contributed by atoms with van der Waals surface area (Å²) in [6.45, 7) is 5.34. The summed E-state index contributed by atoms with van der Waals surface area (Å²) >= 11 is 0. The Morgan fingerprint density at radius 1 is 1.40 bits per heavy atom. The second-order valence-electron chi connectivity index (χ2n) is 4.52. The number of aliphatic hydroxyl groups is 1. The van der Waals surface area contributed by atoms with E-state index in [0.29, 0.717) is 12.8 Å². The summed E-state index contributed by atoms with van der Waals surface area (Å²) in [5.41, 5.74) is 1.28. The molecule has 0 atom stereocenters. The fourth-order valence-electron chi connectivity index (χ4n) is 1.72. The first-order chi connectivity index (χ1) is 9.36. The number of anilines is 2. The number of nitrogen functional groups attached to an aromatic ring is 1. The highest BCUT2D eigenvalue weighted by atomic mass is 16.6. The molecule has 0 unspecified atom stereocenters. The van der Waals surface area contributed by atoms with E-state index in [0.717, 1.165) is 0 Å². The Morgan fingerprint density at radius 3 is 2.45 bits per heavy atom. The van der Waals surface area contributed by atoms with Crippen LogP contribution in [0.15, 0.2) is 0 Å². The minimum Gasteiger partial charge on any atom is -0.388 e. The topological polar surface area (TPSA) is 139 Å². The molecule has 0 spiro atoms. The van der Waals surface area contributed by atoms with E-state index in [1.54, 1.807) is 0 Å². The fourth-order valence-corrected chi connectivity index (χ4v) is 1.72. The average Bonchev–Trinajstić information content (AvgIpc) is 2.43. The van der Waals surface area contributed by atoms with Crippen LogP contribution in [0.5, 0.6) is 0 Å². The molecule has 0 radical (unpaired) electrons. The molecule has 0 bridgehead atoms. The minimum absolute atomic E-state index is 0.0378. The number of nitro groups is 1. The fraction of sp³-hybridized carbons (Fsp3) is 0.636. The predicted octanol–water partition coefficient (Wildman–Crippen LogP) is 0.942. The summed E-state index contributed by atoms with van der Waals surface area (Å²) in [4.78, 5) is 18.3. The molecule has 0 aliphatic carbocycles. The van der Waals surface area contributed by atoms with Gasteiger partial charge in [-0.1, -0.05) is 13.8 Å². The van der Waals surface area contributed by atoms with Crippen LogP contribution in [-0.4, -0.2) is 32.1 Å². The van der Waals surface area contributed by atoms with Gasteiger partial charge in [-0.15, -0.1) is 0 Å². The number of hydrogen-bond donors (Lipinski definition) is 4. The summed E-state index contributed by atoms with van der Waals surface area (Å²) in [6.07, 6.45) is 1.05. The van der Waals surface area contributed by atoms with Crippen LogP contribution in [0.2, 0.25) is 0 Å². The molecule has 1 heterocycles. The van der Waals surface area contributed by atoms with Gasteiger partial charge in [-0.3, -0.25) is 15.5 Å². The van der Waals surface area contributed by atoms with Crippen molar-refractivity contribution in [1.29, 1.82) is 0 Å². The lowest BCUT2D eigenvalue weighted by Gasteiger charge is -2.25. The molecule has 0 fully saturated rings. The van der Waals surface area contributed by atoms with Crippen molar-refractivity contribution in [2.24, 2.45) is 5.84 Å². The van der Waals surface area contributed by atoms with E-state index in [4.69, 9.17) is 5.84 Å². The first-order valence-corrected chi connectivity index (χ1v) is 6.32. The maximum Gasteiger partial charge on any atom is 0.332 e.